The van der Waals surface area contributed by atoms with Crippen LogP contribution in [0.25, 0.3) is 0 Å². The van der Waals surface area contributed by atoms with Crippen LogP contribution in [-0.4, -0.2) is 0 Å². The molecular formula is C12H11F6. The lowest BCUT2D eigenvalue weighted by atomic mass is 9.99. The van der Waals surface area contributed by atoms with Crippen LogP contribution in [0.3, 0.4) is 0 Å². The third-order valence-corrected chi connectivity index (χ3v) is 2.34. The molecule has 0 spiro atoms. The number of halogens is 6. The van der Waals surface area contributed by atoms with Crippen molar-refractivity contribution < 1.29 is 26.3 Å². The van der Waals surface area contributed by atoms with E-state index in [9.17, 15) is 26.3 Å². The van der Waals surface area contributed by atoms with Crippen molar-refractivity contribution in [1.29, 1.82) is 0 Å². The summed E-state index contributed by atoms with van der Waals surface area (Å²) in [6.45, 7) is 1.77. The maximum absolute atomic E-state index is 12.7. The summed E-state index contributed by atoms with van der Waals surface area (Å²) in [5, 5.41) is 0. The van der Waals surface area contributed by atoms with E-state index in [1.54, 1.807) is 6.92 Å². The molecule has 0 aliphatic heterocycles. The van der Waals surface area contributed by atoms with E-state index in [1.807, 2.05) is 0 Å². The molecule has 0 saturated carbocycles. The molecule has 1 radical (unpaired) electrons. The van der Waals surface area contributed by atoms with Crippen LogP contribution in [0, 0.1) is 6.42 Å². The Morgan fingerprint density at radius 1 is 1.00 bits per heavy atom. The highest BCUT2D eigenvalue weighted by Crippen LogP contribution is 2.38. The summed E-state index contributed by atoms with van der Waals surface area (Å²) in [6.07, 6.45) is -7.26. The van der Waals surface area contributed by atoms with Gasteiger partial charge in [-0.1, -0.05) is 19.4 Å². The van der Waals surface area contributed by atoms with Crippen LogP contribution in [0.1, 0.15) is 36.5 Å². The minimum Gasteiger partial charge on any atom is -0.166 e. The topological polar surface area (TPSA) is 0 Å². The molecule has 0 aliphatic carbocycles. The van der Waals surface area contributed by atoms with E-state index in [1.165, 1.54) is 6.42 Å². The fraction of sp³-hybridized carbons (Fsp3) is 0.417. The van der Waals surface area contributed by atoms with Crippen molar-refractivity contribution in [2.45, 2.75) is 32.1 Å². The van der Waals surface area contributed by atoms with E-state index in [0.29, 0.717) is 18.9 Å². The number of rotatable bonds is 3. The molecule has 0 atom stereocenters. The fourth-order valence-electron chi connectivity index (χ4n) is 1.46. The molecule has 0 fully saturated rings. The summed E-state index contributed by atoms with van der Waals surface area (Å²) < 4.78 is 75.1. The molecule has 0 amide bonds. The van der Waals surface area contributed by atoms with Crippen molar-refractivity contribution >= 4 is 0 Å². The molecule has 1 rings (SSSR count). The van der Waals surface area contributed by atoms with Crippen LogP contribution in [0.15, 0.2) is 18.2 Å². The van der Waals surface area contributed by atoms with Crippen molar-refractivity contribution in [3.05, 3.63) is 41.3 Å². The van der Waals surface area contributed by atoms with Crippen LogP contribution >= 0.6 is 0 Å². The van der Waals surface area contributed by atoms with Crippen molar-refractivity contribution in [3.8, 4) is 0 Å². The van der Waals surface area contributed by atoms with Crippen molar-refractivity contribution in [2.24, 2.45) is 0 Å². The molecule has 1 aromatic carbocycles. The Kier molecular flexibility index (Phi) is 4.29. The van der Waals surface area contributed by atoms with E-state index < -0.39 is 23.5 Å². The van der Waals surface area contributed by atoms with E-state index in [0.717, 1.165) is 6.07 Å². The van der Waals surface area contributed by atoms with Crippen LogP contribution in [0.2, 0.25) is 0 Å². The highest BCUT2D eigenvalue weighted by molar-refractivity contribution is 5.39. The third kappa shape index (κ3) is 3.65. The number of alkyl halides is 6. The van der Waals surface area contributed by atoms with Gasteiger partial charge in [-0.15, -0.1) is 0 Å². The van der Waals surface area contributed by atoms with E-state index >= 15 is 0 Å². The van der Waals surface area contributed by atoms with E-state index in [4.69, 9.17) is 0 Å². The Hall–Kier alpha value is -1.20. The van der Waals surface area contributed by atoms with Gasteiger partial charge in [-0.3, -0.25) is 0 Å². The second kappa shape index (κ2) is 5.20. The molecule has 0 aromatic heterocycles. The second-order valence-corrected chi connectivity index (χ2v) is 3.79. The monoisotopic (exact) mass is 269 g/mol. The van der Waals surface area contributed by atoms with Gasteiger partial charge in [0.2, 0.25) is 0 Å². The fourth-order valence-corrected chi connectivity index (χ4v) is 1.46. The van der Waals surface area contributed by atoms with Gasteiger partial charge in [0.15, 0.2) is 0 Å². The van der Waals surface area contributed by atoms with Gasteiger partial charge in [-0.05, 0) is 30.5 Å². The Morgan fingerprint density at radius 3 is 2.06 bits per heavy atom. The van der Waals surface area contributed by atoms with Gasteiger partial charge in [0.1, 0.15) is 0 Å². The quantitative estimate of drug-likeness (QED) is 0.671. The predicted octanol–water partition coefficient (Wildman–Crippen LogP) is 5.08. The molecule has 0 heterocycles. The molecule has 101 valence electrons. The minimum atomic E-state index is -4.79. The third-order valence-electron chi connectivity index (χ3n) is 2.34. The smallest absolute Gasteiger partial charge is 0.166 e. The maximum atomic E-state index is 12.7. The molecule has 0 unspecified atom stereocenters. The number of hydrogen-bond donors (Lipinski definition) is 0. The second-order valence-electron chi connectivity index (χ2n) is 3.79. The van der Waals surface area contributed by atoms with Crippen LogP contribution in [0.4, 0.5) is 26.3 Å². The van der Waals surface area contributed by atoms with E-state index in [-0.39, 0.29) is 11.6 Å². The Morgan fingerprint density at radius 2 is 1.61 bits per heavy atom. The first-order chi connectivity index (χ1) is 8.16. The zero-order valence-electron chi connectivity index (χ0n) is 9.49. The molecule has 0 N–H and O–H groups in total. The summed E-state index contributed by atoms with van der Waals surface area (Å²) in [5.41, 5.74) is -2.74. The average molecular weight is 269 g/mol. The lowest BCUT2D eigenvalue weighted by Gasteiger charge is -2.15. The Labute approximate surface area is 101 Å². The van der Waals surface area contributed by atoms with Crippen molar-refractivity contribution in [2.75, 3.05) is 0 Å². The standard InChI is InChI=1S/C12H11F6/c1-2-3-4-8-5-6-9(11(13,14)15)7-10(8)12(16,17)18/h4-7H,2-3H2,1H3. The van der Waals surface area contributed by atoms with Gasteiger partial charge < -0.3 is 0 Å². The van der Waals surface area contributed by atoms with Crippen LogP contribution in [-0.2, 0) is 12.4 Å². The molecule has 6 heteroatoms. The van der Waals surface area contributed by atoms with Crippen molar-refractivity contribution in [3.63, 3.8) is 0 Å². The number of benzene rings is 1. The van der Waals surface area contributed by atoms with Crippen LogP contribution in [0.5, 0.6) is 0 Å². The lowest BCUT2D eigenvalue weighted by molar-refractivity contribution is -0.143. The largest absolute Gasteiger partial charge is 0.416 e. The summed E-state index contributed by atoms with van der Waals surface area (Å²) in [4.78, 5) is 0. The van der Waals surface area contributed by atoms with Crippen LogP contribution < -0.4 is 0 Å². The molecule has 0 saturated heterocycles. The van der Waals surface area contributed by atoms with Gasteiger partial charge in [-0.2, -0.15) is 26.3 Å². The molecule has 0 nitrogen and oxygen atoms in total. The molecule has 18 heavy (non-hydrogen) atoms. The van der Waals surface area contributed by atoms with Gasteiger partial charge in [0, 0.05) is 0 Å². The number of hydrogen-bond acceptors (Lipinski definition) is 0. The Bertz CT molecular complexity index is 402. The SMILES string of the molecule is CCC[CH]c1ccc(C(F)(F)F)cc1C(F)(F)F. The van der Waals surface area contributed by atoms with Gasteiger partial charge in [0.25, 0.3) is 0 Å². The first-order valence-electron chi connectivity index (χ1n) is 5.28. The van der Waals surface area contributed by atoms with Gasteiger partial charge in [0.05, 0.1) is 11.1 Å². The molecule has 0 bridgehead atoms. The summed E-state index contributed by atoms with van der Waals surface area (Å²) in [7, 11) is 0. The zero-order valence-corrected chi connectivity index (χ0v) is 9.49. The maximum Gasteiger partial charge on any atom is 0.416 e. The van der Waals surface area contributed by atoms with E-state index in [2.05, 4.69) is 0 Å². The first-order valence-corrected chi connectivity index (χ1v) is 5.28. The van der Waals surface area contributed by atoms with Gasteiger partial charge >= 0.3 is 12.4 Å². The predicted molar refractivity (Wildman–Crippen MR) is 54.8 cm³/mol. The van der Waals surface area contributed by atoms with Gasteiger partial charge in [-0.25, -0.2) is 0 Å². The minimum absolute atomic E-state index is 0.154. The first kappa shape index (κ1) is 14.9. The lowest BCUT2D eigenvalue weighted by Crippen LogP contribution is -2.13. The average Bonchev–Trinajstić information content (AvgIpc) is 2.23. The zero-order chi connectivity index (χ0) is 14.0. The molecule has 1 aromatic rings. The Balaban J connectivity index is 3.21. The highest BCUT2D eigenvalue weighted by Gasteiger charge is 2.37. The van der Waals surface area contributed by atoms with Crippen molar-refractivity contribution in [1.82, 2.24) is 0 Å². The molecule has 0 aliphatic rings. The number of unbranched alkanes of at least 4 members (excludes halogenated alkanes) is 1. The highest BCUT2D eigenvalue weighted by atomic mass is 19.4. The summed E-state index contributed by atoms with van der Waals surface area (Å²) >= 11 is 0. The summed E-state index contributed by atoms with van der Waals surface area (Å²) in [6, 6.07) is 1.68. The molecular weight excluding hydrogens is 258 g/mol. The summed E-state index contributed by atoms with van der Waals surface area (Å²) in [5.74, 6) is 0. The normalized spacial score (nSPS) is 12.8.